The molecule has 0 aliphatic rings. The third kappa shape index (κ3) is 1.72. The third-order valence-corrected chi connectivity index (χ3v) is 2.02. The lowest BCUT2D eigenvalue weighted by molar-refractivity contribution is 0.556. The van der Waals surface area contributed by atoms with E-state index in [4.69, 9.17) is 16.0 Å². The Morgan fingerprint density at radius 3 is 3.15 bits per heavy atom. The Hall–Kier alpha value is -1.29. The van der Waals surface area contributed by atoms with Crippen molar-refractivity contribution in [1.29, 1.82) is 0 Å². The van der Waals surface area contributed by atoms with Gasteiger partial charge in [-0.3, -0.25) is 0 Å². The van der Waals surface area contributed by atoms with Gasteiger partial charge >= 0.3 is 0 Å². The molecule has 0 aromatic carbocycles. The number of hydrogen-bond donors (Lipinski definition) is 0. The van der Waals surface area contributed by atoms with Gasteiger partial charge in [0, 0.05) is 5.56 Å². The molecule has 0 bridgehead atoms. The average Bonchev–Trinajstić information content (AvgIpc) is 2.76. The number of nitrogens with zero attached hydrogens (tertiary/aromatic N) is 3. The minimum atomic E-state index is 0.421. The number of furan rings is 1. The zero-order chi connectivity index (χ0) is 9.10. The topological polar surface area (TPSA) is 43.9 Å². The fourth-order valence-corrected chi connectivity index (χ4v) is 1.28. The van der Waals surface area contributed by atoms with Crippen LogP contribution in [0.25, 0.3) is 0 Å². The summed E-state index contributed by atoms with van der Waals surface area (Å²) in [5.41, 5.74) is 1.96. The van der Waals surface area contributed by atoms with Gasteiger partial charge in [0.15, 0.2) is 0 Å². The largest absolute Gasteiger partial charge is 0.472 e. The van der Waals surface area contributed by atoms with Crippen LogP contribution in [0.5, 0.6) is 0 Å². The van der Waals surface area contributed by atoms with E-state index in [-0.39, 0.29) is 0 Å². The van der Waals surface area contributed by atoms with Crippen LogP contribution < -0.4 is 0 Å². The average molecular weight is 198 g/mol. The standard InChI is InChI=1S/C8H8ClN3O/c9-3-8-4-10-11-12(8)5-7-1-2-13-6-7/h1-2,4,6H,3,5H2. The highest BCUT2D eigenvalue weighted by Gasteiger charge is 2.03. The minimum Gasteiger partial charge on any atom is -0.472 e. The van der Waals surface area contributed by atoms with Crippen molar-refractivity contribution in [2.24, 2.45) is 0 Å². The lowest BCUT2D eigenvalue weighted by Crippen LogP contribution is -2.04. The van der Waals surface area contributed by atoms with Crippen molar-refractivity contribution < 1.29 is 4.42 Å². The second-order valence-electron chi connectivity index (χ2n) is 2.65. The van der Waals surface area contributed by atoms with Crippen molar-refractivity contribution in [3.8, 4) is 0 Å². The molecule has 0 N–H and O–H groups in total. The highest BCUT2D eigenvalue weighted by atomic mass is 35.5. The van der Waals surface area contributed by atoms with Gasteiger partial charge in [0.25, 0.3) is 0 Å². The number of alkyl halides is 1. The van der Waals surface area contributed by atoms with Crippen molar-refractivity contribution in [2.75, 3.05) is 0 Å². The predicted molar refractivity (Wildman–Crippen MR) is 47.4 cm³/mol. The Morgan fingerprint density at radius 1 is 1.54 bits per heavy atom. The normalized spacial score (nSPS) is 10.5. The first-order chi connectivity index (χ1) is 6.40. The van der Waals surface area contributed by atoms with Gasteiger partial charge in [-0.05, 0) is 6.07 Å². The van der Waals surface area contributed by atoms with Gasteiger partial charge < -0.3 is 4.42 Å². The summed E-state index contributed by atoms with van der Waals surface area (Å²) in [6.07, 6.45) is 4.97. The molecule has 4 nitrogen and oxygen atoms in total. The number of halogens is 1. The summed E-state index contributed by atoms with van der Waals surface area (Å²) in [6.45, 7) is 0.651. The van der Waals surface area contributed by atoms with Crippen molar-refractivity contribution >= 4 is 11.6 Å². The molecule has 0 unspecified atom stereocenters. The van der Waals surface area contributed by atoms with E-state index in [1.54, 1.807) is 23.4 Å². The second-order valence-corrected chi connectivity index (χ2v) is 2.92. The third-order valence-electron chi connectivity index (χ3n) is 1.75. The fraction of sp³-hybridized carbons (Fsp3) is 0.250. The summed E-state index contributed by atoms with van der Waals surface area (Å²) in [4.78, 5) is 0. The quantitative estimate of drug-likeness (QED) is 0.703. The first-order valence-corrected chi connectivity index (χ1v) is 4.38. The summed E-state index contributed by atoms with van der Waals surface area (Å²) >= 11 is 5.69. The van der Waals surface area contributed by atoms with E-state index in [0.717, 1.165) is 11.3 Å². The van der Waals surface area contributed by atoms with Gasteiger partial charge in [0.1, 0.15) is 0 Å². The Kier molecular flexibility index (Phi) is 2.31. The van der Waals surface area contributed by atoms with E-state index in [1.807, 2.05) is 6.07 Å². The second kappa shape index (κ2) is 3.62. The van der Waals surface area contributed by atoms with Crippen LogP contribution in [-0.4, -0.2) is 15.0 Å². The molecular formula is C8H8ClN3O. The van der Waals surface area contributed by atoms with Crippen LogP contribution in [-0.2, 0) is 12.4 Å². The molecule has 68 valence electrons. The molecule has 2 aromatic heterocycles. The SMILES string of the molecule is ClCc1cnnn1Cc1ccoc1. The summed E-state index contributed by atoms with van der Waals surface area (Å²) in [7, 11) is 0. The molecule has 2 heterocycles. The van der Waals surface area contributed by atoms with Crippen LogP contribution in [0.4, 0.5) is 0 Å². The van der Waals surface area contributed by atoms with Crippen LogP contribution in [0.2, 0.25) is 0 Å². The van der Waals surface area contributed by atoms with E-state index >= 15 is 0 Å². The molecule has 0 amide bonds. The van der Waals surface area contributed by atoms with E-state index in [1.165, 1.54) is 0 Å². The van der Waals surface area contributed by atoms with E-state index < -0.39 is 0 Å². The van der Waals surface area contributed by atoms with Gasteiger partial charge in [-0.2, -0.15) is 0 Å². The molecule has 0 aliphatic carbocycles. The molecule has 0 saturated heterocycles. The summed E-state index contributed by atoms with van der Waals surface area (Å²) in [5.74, 6) is 0.421. The number of rotatable bonds is 3. The van der Waals surface area contributed by atoms with Crippen LogP contribution in [0, 0.1) is 0 Å². The van der Waals surface area contributed by atoms with Crippen LogP contribution in [0.15, 0.2) is 29.2 Å². The molecule has 0 atom stereocenters. The summed E-state index contributed by atoms with van der Waals surface area (Å²) in [6, 6.07) is 1.89. The number of hydrogen-bond acceptors (Lipinski definition) is 3. The summed E-state index contributed by atoms with van der Waals surface area (Å²) < 4.78 is 6.69. The molecule has 13 heavy (non-hydrogen) atoms. The molecule has 0 spiro atoms. The Labute approximate surface area is 80.1 Å². The van der Waals surface area contributed by atoms with E-state index in [2.05, 4.69) is 10.3 Å². The van der Waals surface area contributed by atoms with Gasteiger partial charge in [-0.25, -0.2) is 4.68 Å². The van der Waals surface area contributed by atoms with Crippen molar-refractivity contribution in [1.82, 2.24) is 15.0 Å². The monoisotopic (exact) mass is 197 g/mol. The minimum absolute atomic E-state index is 0.421. The zero-order valence-corrected chi connectivity index (χ0v) is 7.61. The maximum atomic E-state index is 5.69. The molecule has 0 saturated carbocycles. The molecular weight excluding hydrogens is 190 g/mol. The Bertz CT molecular complexity index is 368. The number of aromatic nitrogens is 3. The molecule has 5 heteroatoms. The van der Waals surface area contributed by atoms with Crippen molar-refractivity contribution in [3.05, 3.63) is 36.0 Å². The van der Waals surface area contributed by atoms with Crippen molar-refractivity contribution in [3.63, 3.8) is 0 Å². The van der Waals surface area contributed by atoms with Gasteiger partial charge in [0.05, 0.1) is 36.8 Å². The Balaban J connectivity index is 2.18. The highest BCUT2D eigenvalue weighted by molar-refractivity contribution is 6.16. The maximum absolute atomic E-state index is 5.69. The first-order valence-electron chi connectivity index (χ1n) is 3.84. The molecule has 2 aromatic rings. The predicted octanol–water partition coefficient (Wildman–Crippen LogP) is 1.66. The van der Waals surface area contributed by atoms with Gasteiger partial charge in [0.2, 0.25) is 0 Å². The van der Waals surface area contributed by atoms with Gasteiger partial charge in [-0.15, -0.1) is 16.7 Å². The molecule has 0 fully saturated rings. The van der Waals surface area contributed by atoms with E-state index in [0.29, 0.717) is 12.4 Å². The van der Waals surface area contributed by atoms with Crippen LogP contribution in [0.1, 0.15) is 11.3 Å². The van der Waals surface area contributed by atoms with Crippen LogP contribution in [0.3, 0.4) is 0 Å². The fourth-order valence-electron chi connectivity index (χ4n) is 1.07. The molecule has 0 radical (unpaired) electrons. The lowest BCUT2D eigenvalue weighted by Gasteiger charge is -1.99. The van der Waals surface area contributed by atoms with Crippen LogP contribution >= 0.6 is 11.6 Å². The Morgan fingerprint density at radius 2 is 2.46 bits per heavy atom. The highest BCUT2D eigenvalue weighted by Crippen LogP contribution is 2.06. The first kappa shape index (κ1) is 8.31. The molecule has 2 rings (SSSR count). The maximum Gasteiger partial charge on any atom is 0.0953 e. The lowest BCUT2D eigenvalue weighted by atomic mass is 10.3. The molecule has 0 aliphatic heterocycles. The zero-order valence-electron chi connectivity index (χ0n) is 6.85. The van der Waals surface area contributed by atoms with Crippen molar-refractivity contribution in [2.45, 2.75) is 12.4 Å². The smallest absolute Gasteiger partial charge is 0.0953 e. The summed E-state index contributed by atoms with van der Waals surface area (Å²) in [5, 5.41) is 7.67. The van der Waals surface area contributed by atoms with E-state index in [9.17, 15) is 0 Å². The van der Waals surface area contributed by atoms with Gasteiger partial charge in [-0.1, -0.05) is 5.21 Å².